The second-order valence-electron chi connectivity index (χ2n) is 4.08. The molecule has 84 valence electrons. The topological polar surface area (TPSA) is 76.5 Å². The molecule has 0 aromatic carbocycles. The molecule has 0 radical (unpaired) electrons. The molecule has 3 N–H and O–H groups in total. The Balaban J connectivity index is 2.90. The van der Waals surface area contributed by atoms with Crippen LogP contribution in [0.5, 0.6) is 0 Å². The lowest BCUT2D eigenvalue weighted by Crippen LogP contribution is -2.31. The Morgan fingerprint density at radius 2 is 2.07 bits per heavy atom. The Morgan fingerprint density at radius 1 is 1.47 bits per heavy atom. The number of hydrogen-bond donors (Lipinski definition) is 2. The highest BCUT2D eigenvalue weighted by Gasteiger charge is 2.31. The van der Waals surface area contributed by atoms with Crippen LogP contribution in [0.4, 0.5) is 0 Å². The molecular weight excluding hydrogens is 194 g/mol. The molecule has 2 unspecified atom stereocenters. The van der Waals surface area contributed by atoms with Crippen molar-refractivity contribution >= 4 is 5.97 Å². The lowest BCUT2D eigenvalue weighted by Gasteiger charge is -2.21. The molecule has 0 aliphatic rings. The third kappa shape index (κ3) is 2.59. The molecule has 0 saturated heterocycles. The quantitative estimate of drug-likeness (QED) is 0.798. The first-order valence-electron chi connectivity index (χ1n) is 4.98. The minimum atomic E-state index is -0.883. The molecule has 4 heteroatoms. The van der Waals surface area contributed by atoms with E-state index in [0.717, 1.165) is 5.76 Å². The van der Waals surface area contributed by atoms with Crippen molar-refractivity contribution in [3.63, 3.8) is 0 Å². The maximum absolute atomic E-state index is 11.0. The average molecular weight is 211 g/mol. The second-order valence-corrected chi connectivity index (χ2v) is 4.08. The van der Waals surface area contributed by atoms with Crippen LogP contribution < -0.4 is 5.73 Å². The second kappa shape index (κ2) is 4.49. The zero-order valence-corrected chi connectivity index (χ0v) is 9.23. The summed E-state index contributed by atoms with van der Waals surface area (Å²) in [4.78, 5) is 11.0. The maximum Gasteiger partial charge on any atom is 0.308 e. The fourth-order valence-corrected chi connectivity index (χ4v) is 1.66. The molecular formula is C11H17NO3. The number of aliphatic carboxylic acids is 1. The molecule has 0 aliphatic carbocycles. The Bertz CT molecular complexity index is 343. The summed E-state index contributed by atoms with van der Waals surface area (Å²) in [6.07, 6.45) is 0. The fourth-order valence-electron chi connectivity index (χ4n) is 1.66. The summed E-state index contributed by atoms with van der Waals surface area (Å²) in [5, 5.41) is 9.06. The highest BCUT2D eigenvalue weighted by atomic mass is 16.4. The largest absolute Gasteiger partial charge is 0.481 e. The van der Waals surface area contributed by atoms with Gasteiger partial charge in [-0.1, -0.05) is 13.8 Å². The van der Waals surface area contributed by atoms with Crippen molar-refractivity contribution in [3.05, 3.63) is 23.7 Å². The predicted molar refractivity (Wildman–Crippen MR) is 56.3 cm³/mol. The minimum absolute atomic E-state index is 0.0251. The lowest BCUT2D eigenvalue weighted by molar-refractivity contribution is -0.144. The molecule has 0 saturated carbocycles. The Morgan fingerprint density at radius 3 is 2.40 bits per heavy atom. The van der Waals surface area contributed by atoms with Crippen LogP contribution in [0.1, 0.15) is 31.4 Å². The van der Waals surface area contributed by atoms with E-state index in [1.807, 2.05) is 13.8 Å². The van der Waals surface area contributed by atoms with E-state index >= 15 is 0 Å². The van der Waals surface area contributed by atoms with Crippen molar-refractivity contribution in [2.75, 3.05) is 0 Å². The van der Waals surface area contributed by atoms with E-state index in [9.17, 15) is 4.79 Å². The molecule has 2 atom stereocenters. The number of carboxylic acid groups (broad SMARTS) is 1. The van der Waals surface area contributed by atoms with Crippen molar-refractivity contribution in [1.82, 2.24) is 0 Å². The molecule has 0 amide bonds. The summed E-state index contributed by atoms with van der Waals surface area (Å²) in [5.41, 5.74) is 5.88. The first-order chi connectivity index (χ1) is 6.93. The van der Waals surface area contributed by atoms with Gasteiger partial charge in [0.25, 0.3) is 0 Å². The van der Waals surface area contributed by atoms with E-state index in [1.165, 1.54) is 0 Å². The maximum atomic E-state index is 11.0. The standard InChI is InChI=1S/C11H17NO3/c1-6(2)9(11(13)14)10(12)8-5-4-7(3)15-8/h4-6,9-10H,12H2,1-3H3,(H,13,14). The Hall–Kier alpha value is -1.29. The number of nitrogens with two attached hydrogens (primary N) is 1. The van der Waals surface area contributed by atoms with Crippen molar-refractivity contribution in [2.24, 2.45) is 17.6 Å². The van der Waals surface area contributed by atoms with Crippen molar-refractivity contribution in [2.45, 2.75) is 26.8 Å². The van der Waals surface area contributed by atoms with Gasteiger partial charge in [-0.15, -0.1) is 0 Å². The molecule has 0 spiro atoms. The number of rotatable bonds is 4. The molecule has 0 aliphatic heterocycles. The SMILES string of the molecule is Cc1ccc(C(N)C(C(=O)O)C(C)C)o1. The summed E-state index contributed by atoms with van der Waals surface area (Å²) < 4.78 is 5.34. The van der Waals surface area contributed by atoms with Gasteiger partial charge in [0.2, 0.25) is 0 Å². The van der Waals surface area contributed by atoms with E-state index < -0.39 is 17.9 Å². The van der Waals surface area contributed by atoms with Crippen molar-refractivity contribution in [1.29, 1.82) is 0 Å². The highest BCUT2D eigenvalue weighted by Crippen LogP contribution is 2.27. The van der Waals surface area contributed by atoms with Gasteiger partial charge in [-0.25, -0.2) is 0 Å². The first kappa shape index (κ1) is 11.8. The summed E-state index contributed by atoms with van der Waals surface area (Å²) in [6, 6.07) is 2.93. The number of aryl methyl sites for hydroxylation is 1. The normalized spacial score (nSPS) is 15.3. The molecule has 1 aromatic rings. The van der Waals surface area contributed by atoms with E-state index in [2.05, 4.69) is 0 Å². The van der Waals surface area contributed by atoms with E-state index in [-0.39, 0.29) is 5.92 Å². The van der Waals surface area contributed by atoms with Crippen LogP contribution in [-0.4, -0.2) is 11.1 Å². The summed E-state index contributed by atoms with van der Waals surface area (Å²) in [6.45, 7) is 5.49. The van der Waals surface area contributed by atoms with E-state index in [4.69, 9.17) is 15.3 Å². The summed E-state index contributed by atoms with van der Waals surface area (Å²) in [5.74, 6) is -0.244. The molecule has 4 nitrogen and oxygen atoms in total. The summed E-state index contributed by atoms with van der Waals surface area (Å²) >= 11 is 0. The van der Waals surface area contributed by atoms with Crippen LogP contribution in [-0.2, 0) is 4.79 Å². The van der Waals surface area contributed by atoms with Crippen LogP contribution in [0.15, 0.2) is 16.5 Å². The third-order valence-corrected chi connectivity index (χ3v) is 2.48. The van der Waals surface area contributed by atoms with Gasteiger partial charge in [-0.05, 0) is 25.0 Å². The minimum Gasteiger partial charge on any atom is -0.481 e. The van der Waals surface area contributed by atoms with Crippen LogP contribution >= 0.6 is 0 Å². The predicted octanol–water partition coefficient (Wildman–Crippen LogP) is 1.94. The van der Waals surface area contributed by atoms with Gasteiger partial charge >= 0.3 is 5.97 Å². The fraction of sp³-hybridized carbons (Fsp3) is 0.545. The summed E-state index contributed by atoms with van der Waals surface area (Å²) in [7, 11) is 0. The lowest BCUT2D eigenvalue weighted by atomic mass is 9.88. The number of hydrogen-bond acceptors (Lipinski definition) is 3. The zero-order valence-electron chi connectivity index (χ0n) is 9.23. The molecule has 0 fully saturated rings. The number of furan rings is 1. The Kier molecular flexibility index (Phi) is 3.52. The monoisotopic (exact) mass is 211 g/mol. The number of carbonyl (C=O) groups is 1. The average Bonchev–Trinajstić information content (AvgIpc) is 2.50. The van der Waals surface area contributed by atoms with Gasteiger partial charge in [-0.3, -0.25) is 4.79 Å². The molecule has 0 bridgehead atoms. The van der Waals surface area contributed by atoms with Crippen LogP contribution in [0.2, 0.25) is 0 Å². The van der Waals surface area contributed by atoms with Gasteiger partial charge in [0.15, 0.2) is 0 Å². The smallest absolute Gasteiger partial charge is 0.308 e. The Labute approximate surface area is 89.1 Å². The van der Waals surface area contributed by atoms with Crippen LogP contribution in [0.25, 0.3) is 0 Å². The number of carboxylic acids is 1. The molecule has 1 rings (SSSR count). The van der Waals surface area contributed by atoms with Crippen LogP contribution in [0, 0.1) is 18.8 Å². The van der Waals surface area contributed by atoms with Gasteiger partial charge in [0, 0.05) is 0 Å². The molecule has 1 aromatic heterocycles. The van der Waals surface area contributed by atoms with Gasteiger partial charge in [-0.2, -0.15) is 0 Å². The van der Waals surface area contributed by atoms with Gasteiger partial charge in [0.1, 0.15) is 11.5 Å². The third-order valence-electron chi connectivity index (χ3n) is 2.48. The van der Waals surface area contributed by atoms with Crippen molar-refractivity contribution < 1.29 is 14.3 Å². The van der Waals surface area contributed by atoms with E-state index in [1.54, 1.807) is 19.1 Å². The zero-order chi connectivity index (χ0) is 11.6. The highest BCUT2D eigenvalue weighted by molar-refractivity contribution is 5.71. The molecule has 15 heavy (non-hydrogen) atoms. The van der Waals surface area contributed by atoms with Gasteiger partial charge in [0.05, 0.1) is 12.0 Å². The first-order valence-corrected chi connectivity index (χ1v) is 4.98. The van der Waals surface area contributed by atoms with Crippen LogP contribution in [0.3, 0.4) is 0 Å². The van der Waals surface area contributed by atoms with Crippen molar-refractivity contribution in [3.8, 4) is 0 Å². The molecule has 1 heterocycles. The van der Waals surface area contributed by atoms with Gasteiger partial charge < -0.3 is 15.3 Å². The van der Waals surface area contributed by atoms with E-state index in [0.29, 0.717) is 5.76 Å².